The van der Waals surface area contributed by atoms with Crippen molar-refractivity contribution in [1.29, 1.82) is 0 Å². The van der Waals surface area contributed by atoms with E-state index in [1.54, 1.807) is 0 Å². The van der Waals surface area contributed by atoms with Gasteiger partial charge in [-0.25, -0.2) is 0 Å². The summed E-state index contributed by atoms with van der Waals surface area (Å²) >= 11 is 0. The Morgan fingerprint density at radius 1 is 0.711 bits per heavy atom. The fraction of sp³-hybridized carbons (Fsp3) is 0.606. The van der Waals surface area contributed by atoms with Crippen molar-refractivity contribution in [2.45, 2.75) is 46.0 Å². The van der Waals surface area contributed by atoms with Crippen LogP contribution in [0.2, 0.25) is 0 Å². The fourth-order valence-corrected chi connectivity index (χ4v) is 4.82. The van der Waals surface area contributed by atoms with Gasteiger partial charge in [0.15, 0.2) is 0 Å². The number of aryl methyl sites for hydroxylation is 1. The molecule has 4 aromatic rings. The number of para-hydroxylation sites is 2. The molecule has 12 heteroatoms. The summed E-state index contributed by atoms with van der Waals surface area (Å²) in [6.07, 6.45) is 0.736. The van der Waals surface area contributed by atoms with Gasteiger partial charge < -0.3 is 38.3 Å². The molecule has 0 saturated heterocycles. The van der Waals surface area contributed by atoms with Gasteiger partial charge in [-0.15, -0.1) is 14.1 Å². The molecule has 0 amide bonds. The van der Waals surface area contributed by atoms with Gasteiger partial charge in [0.05, 0.1) is 72.7 Å². The minimum atomic E-state index is -0.288. The highest BCUT2D eigenvalue weighted by molar-refractivity contribution is 5.79. The average molecular weight is 632 g/mol. The van der Waals surface area contributed by atoms with Gasteiger partial charge in [-0.05, 0) is 42.5 Å². The lowest BCUT2D eigenvalue weighted by atomic mass is 9.84. The van der Waals surface area contributed by atoms with Gasteiger partial charge in [-0.1, -0.05) is 39.0 Å². The zero-order valence-electron chi connectivity index (χ0n) is 27.1. The number of nitrogens with zero attached hydrogens (tertiary/aromatic N) is 3. The number of fused-ring (bicyclic) bond motifs is 4. The van der Waals surface area contributed by atoms with Crippen LogP contribution in [-0.2, 0) is 49.8 Å². The molecule has 0 aliphatic rings. The molecule has 0 saturated carbocycles. The minimum absolute atomic E-state index is 0.184. The second-order valence-corrected chi connectivity index (χ2v) is 11.6. The second kappa shape index (κ2) is 17.5. The van der Waals surface area contributed by atoms with Crippen LogP contribution >= 0.6 is 0 Å². The summed E-state index contributed by atoms with van der Waals surface area (Å²) in [6.45, 7) is 14.4. The van der Waals surface area contributed by atoms with E-state index in [1.165, 1.54) is 0 Å². The Morgan fingerprint density at radius 2 is 1.18 bits per heavy atom. The Labute approximate surface area is 264 Å². The Balaban J connectivity index is 1.05. The average Bonchev–Trinajstić information content (AvgIpc) is 3.68. The van der Waals surface area contributed by atoms with E-state index >= 15 is 0 Å². The van der Waals surface area contributed by atoms with Gasteiger partial charge in [0, 0.05) is 18.6 Å². The van der Waals surface area contributed by atoms with Gasteiger partial charge in [0.2, 0.25) is 0 Å². The van der Waals surface area contributed by atoms with Gasteiger partial charge >= 0.3 is 5.97 Å². The number of phenols is 1. The summed E-state index contributed by atoms with van der Waals surface area (Å²) < 4.78 is 41.8. The van der Waals surface area contributed by atoms with Crippen molar-refractivity contribution < 1.29 is 43.1 Å². The molecule has 2 aromatic carbocycles. The maximum absolute atomic E-state index is 12.4. The molecule has 0 unspecified atom stereocenters. The number of hydrogen-bond donors (Lipinski definition) is 1. The number of benzene rings is 2. The molecule has 1 N–H and O–H groups in total. The standard InChI is InChI=1S/C33H49N3O9/c1-5-39-12-13-40-14-15-41-16-17-42-18-19-43-20-21-44-22-23-45-31(37)11-10-26-24-27(33(2,3)4)32(38)30(25-26)36-34-28-8-6-7-9-29(28)35(34)36/h6-9,24-25,38H,5,10-23H2,1-4H3. The van der Waals surface area contributed by atoms with Crippen LogP contribution in [0.15, 0.2) is 36.4 Å². The molecule has 4 rings (SSSR count). The summed E-state index contributed by atoms with van der Waals surface area (Å²) in [7, 11) is 0. The number of aromatic nitrogens is 3. The van der Waals surface area contributed by atoms with E-state index < -0.39 is 0 Å². The largest absolute Gasteiger partial charge is 0.505 e. The topological polar surface area (TPSA) is 116 Å². The molecule has 45 heavy (non-hydrogen) atoms. The molecule has 0 fully saturated rings. The smallest absolute Gasteiger partial charge is 0.306 e. The van der Waals surface area contributed by atoms with Gasteiger partial charge in [-0.2, -0.15) is 0 Å². The number of esters is 1. The molecule has 0 radical (unpaired) electrons. The predicted molar refractivity (Wildman–Crippen MR) is 169 cm³/mol. The monoisotopic (exact) mass is 631 g/mol. The fourth-order valence-electron chi connectivity index (χ4n) is 4.82. The molecule has 0 aliphatic carbocycles. The highest BCUT2D eigenvalue weighted by atomic mass is 16.6. The quantitative estimate of drug-likeness (QED) is 0.0958. The molecule has 0 bridgehead atoms. The Morgan fingerprint density at radius 3 is 1.64 bits per heavy atom. The number of carbonyl (C=O) groups is 1. The van der Waals surface area contributed by atoms with Crippen LogP contribution in [0.1, 0.15) is 45.2 Å². The van der Waals surface area contributed by atoms with E-state index in [-0.39, 0.29) is 30.2 Å². The number of ether oxygens (including phenoxy) is 7. The zero-order chi connectivity index (χ0) is 32.1. The highest BCUT2D eigenvalue weighted by Crippen LogP contribution is 2.39. The summed E-state index contributed by atoms with van der Waals surface area (Å²) in [5, 5.41) is 11.2. The van der Waals surface area contributed by atoms with Crippen molar-refractivity contribution in [1.82, 2.24) is 14.1 Å². The molecule has 250 valence electrons. The third kappa shape index (κ3) is 10.2. The molecule has 12 nitrogen and oxygen atoms in total. The second-order valence-electron chi connectivity index (χ2n) is 11.6. The van der Waals surface area contributed by atoms with Gasteiger partial charge in [0.1, 0.15) is 29.1 Å². The maximum atomic E-state index is 12.4. The van der Waals surface area contributed by atoms with Crippen molar-refractivity contribution in [3.05, 3.63) is 47.5 Å². The molecular formula is C33H49N3O9. The summed E-state index contributed by atoms with van der Waals surface area (Å²) in [6, 6.07) is 12.0. The Kier molecular flexibility index (Phi) is 13.5. The van der Waals surface area contributed by atoms with E-state index in [1.807, 2.05) is 57.4 Å². The molecule has 0 atom stereocenters. The Bertz CT molecular complexity index is 1380. The number of hydrogen-bond acceptors (Lipinski definition) is 9. The van der Waals surface area contributed by atoms with E-state index in [4.69, 9.17) is 33.2 Å². The van der Waals surface area contributed by atoms with Crippen molar-refractivity contribution >= 4 is 17.0 Å². The van der Waals surface area contributed by atoms with Crippen LogP contribution in [0, 0.1) is 0 Å². The lowest BCUT2D eigenvalue weighted by Gasteiger charge is -2.22. The summed E-state index contributed by atoms with van der Waals surface area (Å²) in [4.78, 5) is 14.4. The van der Waals surface area contributed by atoms with Crippen LogP contribution < -0.4 is 0 Å². The Hall–Kier alpha value is -3.13. The van der Waals surface area contributed by atoms with E-state index in [0.29, 0.717) is 91.4 Å². The molecule has 0 aliphatic heterocycles. The molecule has 0 spiro atoms. The molecule has 2 aromatic heterocycles. The molecular weight excluding hydrogens is 582 g/mol. The van der Waals surface area contributed by atoms with Crippen LogP contribution in [0.5, 0.6) is 5.75 Å². The van der Waals surface area contributed by atoms with Crippen molar-refractivity contribution in [3.63, 3.8) is 0 Å². The lowest BCUT2D eigenvalue weighted by molar-refractivity contribution is -0.145. The third-order valence-corrected chi connectivity index (χ3v) is 7.17. The number of phenolic OH excluding ortho intramolecular Hbond substituents is 1. The summed E-state index contributed by atoms with van der Waals surface area (Å²) in [5.41, 5.74) is 4.41. The predicted octanol–water partition coefficient (Wildman–Crippen LogP) is 4.02. The normalized spacial score (nSPS) is 12.3. The minimum Gasteiger partial charge on any atom is -0.505 e. The molecule has 2 heterocycles. The van der Waals surface area contributed by atoms with Crippen molar-refractivity contribution in [3.8, 4) is 11.4 Å². The number of carbonyl (C=O) groups excluding carboxylic acids is 1. The van der Waals surface area contributed by atoms with Gasteiger partial charge in [-0.3, -0.25) is 4.79 Å². The van der Waals surface area contributed by atoms with Crippen LogP contribution in [0.25, 0.3) is 16.7 Å². The maximum Gasteiger partial charge on any atom is 0.306 e. The SMILES string of the molecule is CCOCCOCCOCCOCCOCCOCCOC(=O)CCc1cc(-n2n3c4ccccc4n23)c(O)c(C(C)(C)C)c1. The first-order valence-corrected chi connectivity index (χ1v) is 15.8. The van der Waals surface area contributed by atoms with Crippen molar-refractivity contribution in [2.24, 2.45) is 0 Å². The number of rotatable bonds is 23. The first-order chi connectivity index (χ1) is 21.8. The van der Waals surface area contributed by atoms with Crippen LogP contribution in [0.3, 0.4) is 0 Å². The van der Waals surface area contributed by atoms with Gasteiger partial charge in [0.25, 0.3) is 0 Å². The lowest BCUT2D eigenvalue weighted by Crippen LogP contribution is -2.15. The van der Waals surface area contributed by atoms with E-state index in [2.05, 4.69) is 20.8 Å². The summed E-state index contributed by atoms with van der Waals surface area (Å²) in [5.74, 6) is -0.0390. The highest BCUT2D eigenvalue weighted by Gasteiger charge is 2.29. The van der Waals surface area contributed by atoms with Crippen LogP contribution in [0.4, 0.5) is 0 Å². The number of aromatic hydroxyl groups is 1. The third-order valence-electron chi connectivity index (χ3n) is 7.17. The van der Waals surface area contributed by atoms with E-state index in [0.717, 1.165) is 22.2 Å². The first kappa shape index (κ1) is 34.7. The van der Waals surface area contributed by atoms with E-state index in [9.17, 15) is 9.90 Å². The van der Waals surface area contributed by atoms with Crippen molar-refractivity contribution in [2.75, 3.05) is 85.9 Å². The first-order valence-electron chi connectivity index (χ1n) is 15.8. The zero-order valence-corrected chi connectivity index (χ0v) is 27.1. The van der Waals surface area contributed by atoms with Crippen LogP contribution in [-0.4, -0.2) is 111 Å².